The fourth-order valence-electron chi connectivity index (χ4n) is 3.87. The molecule has 2 saturated heterocycles. The molecule has 2 aliphatic rings. The number of hydrogen-bond donors (Lipinski definition) is 1. The van der Waals surface area contributed by atoms with Gasteiger partial charge >= 0.3 is 0 Å². The molecule has 24 heavy (non-hydrogen) atoms. The Balaban J connectivity index is 1.84. The molecule has 140 valence electrons. The van der Waals surface area contributed by atoms with Gasteiger partial charge in [0, 0.05) is 52.3 Å². The molecule has 0 aliphatic carbocycles. The number of guanidine groups is 1. The van der Waals surface area contributed by atoms with Crippen molar-refractivity contribution in [3.8, 4) is 0 Å². The maximum atomic E-state index is 5.50. The summed E-state index contributed by atoms with van der Waals surface area (Å²) < 4.78 is 5.50. The first-order valence-corrected chi connectivity index (χ1v) is 9.88. The summed E-state index contributed by atoms with van der Waals surface area (Å²) in [4.78, 5) is 9.87. The molecule has 0 amide bonds. The van der Waals surface area contributed by atoms with Gasteiger partial charge in [-0.15, -0.1) is 0 Å². The van der Waals surface area contributed by atoms with Crippen LogP contribution in [-0.4, -0.2) is 75.3 Å². The van der Waals surface area contributed by atoms with Crippen molar-refractivity contribution < 1.29 is 4.74 Å². The van der Waals surface area contributed by atoms with Gasteiger partial charge in [0.1, 0.15) is 0 Å². The van der Waals surface area contributed by atoms with E-state index in [4.69, 9.17) is 9.73 Å². The van der Waals surface area contributed by atoms with E-state index in [0.29, 0.717) is 11.8 Å². The number of hydrogen-bond acceptors (Lipinski definition) is 3. The van der Waals surface area contributed by atoms with Gasteiger partial charge < -0.3 is 19.9 Å². The number of aliphatic imine (C=N–C) groups is 1. The zero-order valence-electron chi connectivity index (χ0n) is 16.3. The number of piperidine rings is 1. The standard InChI is InChI=1S/C19H38N4O/c1-5-20-19(22(4)13-18-8-10-24-15-18)21-11-17-7-6-9-23(14-17)12-16(2)3/h16-18H,5-15H2,1-4H3,(H,20,21). The molecule has 2 rings (SSSR count). The van der Waals surface area contributed by atoms with Gasteiger partial charge in [-0.1, -0.05) is 13.8 Å². The Kier molecular flexibility index (Phi) is 8.33. The molecule has 0 spiro atoms. The lowest BCUT2D eigenvalue weighted by Gasteiger charge is -2.33. The quantitative estimate of drug-likeness (QED) is 0.571. The van der Waals surface area contributed by atoms with Crippen LogP contribution in [0.1, 0.15) is 40.0 Å². The number of ether oxygens (including phenoxy) is 1. The molecule has 2 unspecified atom stereocenters. The third-order valence-electron chi connectivity index (χ3n) is 4.98. The Bertz CT molecular complexity index is 380. The van der Waals surface area contributed by atoms with Crippen molar-refractivity contribution in [1.29, 1.82) is 0 Å². The van der Waals surface area contributed by atoms with E-state index >= 15 is 0 Å². The highest BCUT2D eigenvalue weighted by atomic mass is 16.5. The minimum absolute atomic E-state index is 0.648. The van der Waals surface area contributed by atoms with Crippen LogP contribution >= 0.6 is 0 Å². The SMILES string of the molecule is CCNC(=NCC1CCCN(CC(C)C)C1)N(C)CC1CCOC1. The first-order valence-electron chi connectivity index (χ1n) is 9.88. The second-order valence-electron chi connectivity index (χ2n) is 7.97. The highest BCUT2D eigenvalue weighted by Crippen LogP contribution is 2.18. The molecule has 2 fully saturated rings. The zero-order chi connectivity index (χ0) is 17.4. The third kappa shape index (κ3) is 6.60. The van der Waals surface area contributed by atoms with Gasteiger partial charge in [-0.25, -0.2) is 0 Å². The molecule has 0 radical (unpaired) electrons. The lowest BCUT2D eigenvalue weighted by molar-refractivity contribution is 0.161. The first-order chi connectivity index (χ1) is 11.6. The average molecular weight is 339 g/mol. The molecular weight excluding hydrogens is 300 g/mol. The Morgan fingerprint density at radius 3 is 2.83 bits per heavy atom. The second-order valence-corrected chi connectivity index (χ2v) is 7.97. The van der Waals surface area contributed by atoms with Gasteiger partial charge in [0.2, 0.25) is 0 Å². The second kappa shape index (κ2) is 10.2. The Morgan fingerprint density at radius 2 is 2.17 bits per heavy atom. The largest absolute Gasteiger partial charge is 0.381 e. The summed E-state index contributed by atoms with van der Waals surface area (Å²) >= 11 is 0. The number of rotatable bonds is 7. The molecule has 5 nitrogen and oxygen atoms in total. The monoisotopic (exact) mass is 338 g/mol. The van der Waals surface area contributed by atoms with Crippen LogP contribution in [0.5, 0.6) is 0 Å². The van der Waals surface area contributed by atoms with Crippen molar-refractivity contribution >= 4 is 5.96 Å². The lowest BCUT2D eigenvalue weighted by atomic mass is 9.97. The molecule has 0 aromatic heterocycles. The van der Waals surface area contributed by atoms with Crippen molar-refractivity contribution in [3.63, 3.8) is 0 Å². The van der Waals surface area contributed by atoms with Gasteiger partial charge in [0.05, 0.1) is 6.61 Å². The predicted molar refractivity (Wildman–Crippen MR) is 102 cm³/mol. The average Bonchev–Trinajstić information content (AvgIpc) is 3.04. The molecule has 0 aromatic rings. The first kappa shape index (κ1) is 19.5. The number of nitrogens with one attached hydrogen (secondary N) is 1. The van der Waals surface area contributed by atoms with Crippen LogP contribution in [0.15, 0.2) is 4.99 Å². The van der Waals surface area contributed by atoms with Crippen molar-refractivity contribution in [2.75, 3.05) is 59.5 Å². The summed E-state index contributed by atoms with van der Waals surface area (Å²) in [5.41, 5.74) is 0. The number of nitrogens with zero attached hydrogens (tertiary/aromatic N) is 3. The Hall–Kier alpha value is -0.810. The fourth-order valence-corrected chi connectivity index (χ4v) is 3.87. The van der Waals surface area contributed by atoms with E-state index in [-0.39, 0.29) is 0 Å². The van der Waals surface area contributed by atoms with Gasteiger partial charge in [-0.05, 0) is 44.6 Å². The Morgan fingerprint density at radius 1 is 1.33 bits per heavy atom. The van der Waals surface area contributed by atoms with Gasteiger partial charge in [0.15, 0.2) is 5.96 Å². The smallest absolute Gasteiger partial charge is 0.193 e. The van der Waals surface area contributed by atoms with E-state index in [1.807, 2.05) is 0 Å². The van der Waals surface area contributed by atoms with E-state index in [1.165, 1.54) is 38.9 Å². The van der Waals surface area contributed by atoms with Crippen molar-refractivity contribution in [2.45, 2.75) is 40.0 Å². The van der Waals surface area contributed by atoms with Crippen molar-refractivity contribution in [3.05, 3.63) is 0 Å². The third-order valence-corrected chi connectivity index (χ3v) is 4.98. The van der Waals surface area contributed by atoms with Crippen LogP contribution in [0.2, 0.25) is 0 Å². The normalized spacial score (nSPS) is 26.1. The van der Waals surface area contributed by atoms with Gasteiger partial charge in [-0.2, -0.15) is 0 Å². The molecule has 1 N–H and O–H groups in total. The minimum Gasteiger partial charge on any atom is -0.381 e. The molecule has 2 aliphatic heterocycles. The summed E-state index contributed by atoms with van der Waals surface area (Å²) in [6.07, 6.45) is 3.81. The zero-order valence-corrected chi connectivity index (χ0v) is 16.3. The maximum Gasteiger partial charge on any atom is 0.193 e. The topological polar surface area (TPSA) is 40.1 Å². The van der Waals surface area contributed by atoms with Crippen molar-refractivity contribution in [1.82, 2.24) is 15.1 Å². The molecule has 0 aromatic carbocycles. The van der Waals surface area contributed by atoms with Crippen LogP contribution < -0.4 is 5.32 Å². The summed E-state index contributed by atoms with van der Waals surface area (Å²) in [6.45, 7) is 15.2. The van der Waals surface area contributed by atoms with Gasteiger partial charge in [-0.3, -0.25) is 4.99 Å². The summed E-state index contributed by atoms with van der Waals surface area (Å²) in [5, 5.41) is 3.46. The van der Waals surface area contributed by atoms with E-state index in [1.54, 1.807) is 0 Å². The van der Waals surface area contributed by atoms with Crippen LogP contribution in [0, 0.1) is 17.8 Å². The highest BCUT2D eigenvalue weighted by molar-refractivity contribution is 5.79. The summed E-state index contributed by atoms with van der Waals surface area (Å²) in [6, 6.07) is 0. The van der Waals surface area contributed by atoms with E-state index < -0.39 is 0 Å². The molecule has 2 heterocycles. The van der Waals surface area contributed by atoms with Gasteiger partial charge in [0.25, 0.3) is 0 Å². The van der Waals surface area contributed by atoms with E-state index in [9.17, 15) is 0 Å². The summed E-state index contributed by atoms with van der Waals surface area (Å²) in [5.74, 6) is 3.17. The minimum atomic E-state index is 0.648. The van der Waals surface area contributed by atoms with E-state index in [0.717, 1.165) is 44.7 Å². The van der Waals surface area contributed by atoms with Crippen LogP contribution in [0.25, 0.3) is 0 Å². The molecular formula is C19H38N4O. The maximum absolute atomic E-state index is 5.50. The molecule has 0 saturated carbocycles. The molecule has 2 atom stereocenters. The molecule has 0 bridgehead atoms. The van der Waals surface area contributed by atoms with E-state index in [2.05, 4.69) is 42.9 Å². The number of likely N-dealkylation sites (tertiary alicyclic amines) is 1. The lowest BCUT2D eigenvalue weighted by Crippen LogP contribution is -2.42. The fraction of sp³-hybridized carbons (Fsp3) is 0.947. The van der Waals surface area contributed by atoms with Crippen LogP contribution in [-0.2, 0) is 4.74 Å². The van der Waals surface area contributed by atoms with Crippen LogP contribution in [0.4, 0.5) is 0 Å². The summed E-state index contributed by atoms with van der Waals surface area (Å²) in [7, 11) is 2.16. The Labute approximate surface area is 148 Å². The molecule has 5 heteroatoms. The predicted octanol–water partition coefficient (Wildman–Crippen LogP) is 2.29. The van der Waals surface area contributed by atoms with Crippen LogP contribution in [0.3, 0.4) is 0 Å². The highest BCUT2D eigenvalue weighted by Gasteiger charge is 2.22. The van der Waals surface area contributed by atoms with Crippen molar-refractivity contribution in [2.24, 2.45) is 22.7 Å².